The highest BCUT2D eigenvalue weighted by Gasteiger charge is 2.18. The second-order valence-corrected chi connectivity index (χ2v) is 4.88. The minimum atomic E-state index is -0.480. The number of nitrogens with zero attached hydrogens (tertiary/aromatic N) is 3. The Bertz CT molecular complexity index is 709. The lowest BCUT2D eigenvalue weighted by Crippen LogP contribution is -2.38. The van der Waals surface area contributed by atoms with Crippen LogP contribution < -0.4 is 10.9 Å². The molecule has 112 valence electrons. The van der Waals surface area contributed by atoms with Gasteiger partial charge >= 0.3 is 0 Å². The van der Waals surface area contributed by atoms with E-state index in [1.807, 2.05) is 13.8 Å². The normalized spacial score (nSPS) is 11.0. The summed E-state index contributed by atoms with van der Waals surface area (Å²) in [4.78, 5) is 32.9. The molecule has 0 aliphatic carbocycles. The first-order chi connectivity index (χ1) is 10.0. The molecule has 0 radical (unpaired) electrons. The van der Waals surface area contributed by atoms with Gasteiger partial charge in [-0.15, -0.1) is 0 Å². The van der Waals surface area contributed by atoms with Gasteiger partial charge in [0.15, 0.2) is 11.3 Å². The molecule has 7 nitrogen and oxygen atoms in total. The van der Waals surface area contributed by atoms with Gasteiger partial charge in [0.25, 0.3) is 11.5 Å². The molecular weight excluding hydrogens is 272 g/mol. The van der Waals surface area contributed by atoms with Crippen LogP contribution in [0.3, 0.4) is 0 Å². The first-order valence-electron chi connectivity index (χ1n) is 6.70. The van der Waals surface area contributed by atoms with Crippen molar-refractivity contribution in [2.45, 2.75) is 26.4 Å². The van der Waals surface area contributed by atoms with E-state index in [0.29, 0.717) is 24.3 Å². The van der Waals surface area contributed by atoms with Crippen LogP contribution in [0.4, 0.5) is 0 Å². The fourth-order valence-electron chi connectivity index (χ4n) is 1.94. The molecule has 0 aliphatic heterocycles. The number of aromatic nitrogens is 3. The monoisotopic (exact) mass is 290 g/mol. The summed E-state index contributed by atoms with van der Waals surface area (Å²) >= 11 is 0. The maximum absolute atomic E-state index is 12.5. The summed E-state index contributed by atoms with van der Waals surface area (Å²) in [6.07, 6.45) is 1.58. The molecule has 2 aromatic rings. The van der Waals surface area contributed by atoms with Crippen LogP contribution in [0, 0.1) is 0 Å². The largest absolute Gasteiger partial charge is 0.383 e. The molecule has 2 aromatic heterocycles. The summed E-state index contributed by atoms with van der Waals surface area (Å²) in [5.41, 5.74) is 0.361. The van der Waals surface area contributed by atoms with E-state index >= 15 is 0 Å². The summed E-state index contributed by atoms with van der Waals surface area (Å²) in [6.45, 7) is 4.31. The third kappa shape index (κ3) is 3.25. The molecule has 0 spiro atoms. The summed E-state index contributed by atoms with van der Waals surface area (Å²) in [6, 6.07) is 3.36. The van der Waals surface area contributed by atoms with E-state index in [1.54, 1.807) is 25.4 Å². The molecule has 0 saturated heterocycles. The summed E-state index contributed by atoms with van der Waals surface area (Å²) in [5, 5.41) is 2.68. The van der Waals surface area contributed by atoms with E-state index in [1.165, 1.54) is 4.57 Å². The first kappa shape index (κ1) is 15.1. The maximum Gasteiger partial charge on any atom is 0.283 e. The van der Waals surface area contributed by atoms with Gasteiger partial charge in [0.2, 0.25) is 0 Å². The quantitative estimate of drug-likeness (QED) is 0.870. The van der Waals surface area contributed by atoms with Crippen LogP contribution in [0.1, 0.15) is 24.3 Å². The Kier molecular flexibility index (Phi) is 4.64. The van der Waals surface area contributed by atoms with E-state index in [2.05, 4.69) is 15.3 Å². The number of methoxy groups -OCH3 is 1. The highest BCUT2D eigenvalue weighted by atomic mass is 16.5. The number of ether oxygens (including phenoxy) is 1. The van der Waals surface area contributed by atoms with Crippen LogP contribution in [0.25, 0.3) is 11.2 Å². The van der Waals surface area contributed by atoms with Gasteiger partial charge in [-0.3, -0.25) is 14.2 Å². The van der Waals surface area contributed by atoms with Crippen LogP contribution in [-0.2, 0) is 11.3 Å². The Morgan fingerprint density at radius 2 is 2.24 bits per heavy atom. The van der Waals surface area contributed by atoms with E-state index in [9.17, 15) is 9.59 Å². The number of carbonyl (C=O) groups excluding carboxylic acids is 1. The van der Waals surface area contributed by atoms with Crippen molar-refractivity contribution < 1.29 is 9.53 Å². The fourth-order valence-corrected chi connectivity index (χ4v) is 1.94. The lowest BCUT2D eigenvalue weighted by molar-refractivity contribution is 0.0935. The Labute approximate surface area is 122 Å². The highest BCUT2D eigenvalue weighted by molar-refractivity contribution is 5.93. The molecule has 0 unspecified atom stereocenters. The van der Waals surface area contributed by atoms with Crippen LogP contribution >= 0.6 is 0 Å². The number of fused-ring (bicyclic) bond motifs is 1. The second-order valence-electron chi connectivity index (χ2n) is 4.88. The standard InChI is InChI=1S/C14H18N4O3/c1-9(2)16-13(19)11-14(20)18(7-8-21-3)12-10(17-11)5-4-6-15-12/h4-6,9H,7-8H2,1-3H3,(H,16,19). The minimum Gasteiger partial charge on any atom is -0.383 e. The average molecular weight is 290 g/mol. The number of carbonyl (C=O) groups is 1. The Hall–Kier alpha value is -2.28. The summed E-state index contributed by atoms with van der Waals surface area (Å²) in [5.74, 6) is -0.480. The van der Waals surface area contributed by atoms with Gasteiger partial charge in [-0.1, -0.05) is 0 Å². The van der Waals surface area contributed by atoms with Crippen molar-refractivity contribution >= 4 is 17.1 Å². The molecule has 0 atom stereocenters. The molecular formula is C14H18N4O3. The van der Waals surface area contributed by atoms with Gasteiger partial charge in [-0.05, 0) is 26.0 Å². The van der Waals surface area contributed by atoms with Crippen molar-refractivity contribution in [1.29, 1.82) is 0 Å². The average Bonchev–Trinajstić information content (AvgIpc) is 2.45. The van der Waals surface area contributed by atoms with E-state index in [0.717, 1.165) is 0 Å². The molecule has 2 rings (SSSR count). The van der Waals surface area contributed by atoms with Gasteiger partial charge in [0.1, 0.15) is 5.52 Å². The van der Waals surface area contributed by atoms with Crippen molar-refractivity contribution in [2.75, 3.05) is 13.7 Å². The zero-order valence-electron chi connectivity index (χ0n) is 12.3. The lowest BCUT2D eigenvalue weighted by Gasteiger charge is -2.12. The topological polar surface area (TPSA) is 86.1 Å². The van der Waals surface area contributed by atoms with E-state index in [4.69, 9.17) is 4.74 Å². The van der Waals surface area contributed by atoms with Gasteiger partial charge in [0, 0.05) is 19.3 Å². The molecule has 0 aliphatic rings. The second kappa shape index (κ2) is 6.45. The highest BCUT2D eigenvalue weighted by Crippen LogP contribution is 2.07. The molecule has 2 heterocycles. The number of hydrogen-bond donors (Lipinski definition) is 1. The summed E-state index contributed by atoms with van der Waals surface area (Å²) < 4.78 is 6.42. The van der Waals surface area contributed by atoms with Crippen molar-refractivity contribution in [3.63, 3.8) is 0 Å². The van der Waals surface area contributed by atoms with Crippen LogP contribution in [0.2, 0.25) is 0 Å². The van der Waals surface area contributed by atoms with Crippen molar-refractivity contribution in [2.24, 2.45) is 0 Å². The van der Waals surface area contributed by atoms with Crippen LogP contribution in [-0.4, -0.2) is 40.2 Å². The van der Waals surface area contributed by atoms with Gasteiger partial charge in [-0.2, -0.15) is 0 Å². The molecule has 7 heteroatoms. The number of nitrogens with one attached hydrogen (secondary N) is 1. The third-order valence-electron chi connectivity index (χ3n) is 2.86. The van der Waals surface area contributed by atoms with E-state index < -0.39 is 11.5 Å². The lowest BCUT2D eigenvalue weighted by atomic mass is 10.3. The molecule has 1 N–H and O–H groups in total. The molecule has 0 bridgehead atoms. The van der Waals surface area contributed by atoms with Crippen molar-refractivity contribution in [3.8, 4) is 0 Å². The smallest absolute Gasteiger partial charge is 0.283 e. The predicted octanol–water partition coefficient (Wildman–Crippen LogP) is 0.576. The first-order valence-corrected chi connectivity index (χ1v) is 6.70. The van der Waals surface area contributed by atoms with E-state index in [-0.39, 0.29) is 11.7 Å². The fraction of sp³-hybridized carbons (Fsp3) is 0.429. The Balaban J connectivity index is 2.59. The predicted molar refractivity (Wildman–Crippen MR) is 78.3 cm³/mol. The molecule has 1 amide bonds. The maximum atomic E-state index is 12.5. The molecule has 0 saturated carbocycles. The summed E-state index contributed by atoms with van der Waals surface area (Å²) in [7, 11) is 1.55. The third-order valence-corrected chi connectivity index (χ3v) is 2.86. The Morgan fingerprint density at radius 1 is 1.48 bits per heavy atom. The van der Waals surface area contributed by atoms with Gasteiger partial charge in [0.05, 0.1) is 13.2 Å². The number of amides is 1. The minimum absolute atomic E-state index is 0.0734. The van der Waals surface area contributed by atoms with Crippen molar-refractivity contribution in [1.82, 2.24) is 19.9 Å². The van der Waals surface area contributed by atoms with Gasteiger partial charge in [-0.25, -0.2) is 9.97 Å². The number of pyridine rings is 1. The Morgan fingerprint density at radius 3 is 2.90 bits per heavy atom. The van der Waals surface area contributed by atoms with Crippen molar-refractivity contribution in [3.05, 3.63) is 34.4 Å². The van der Waals surface area contributed by atoms with Crippen LogP contribution in [0.15, 0.2) is 23.1 Å². The molecule has 21 heavy (non-hydrogen) atoms. The molecule has 0 fully saturated rings. The van der Waals surface area contributed by atoms with Crippen LogP contribution in [0.5, 0.6) is 0 Å². The number of rotatable bonds is 5. The number of hydrogen-bond acceptors (Lipinski definition) is 5. The molecule has 0 aromatic carbocycles. The van der Waals surface area contributed by atoms with Gasteiger partial charge < -0.3 is 10.1 Å². The zero-order valence-corrected chi connectivity index (χ0v) is 12.3. The SMILES string of the molecule is COCCn1c(=O)c(C(=O)NC(C)C)nc2cccnc21. The zero-order chi connectivity index (χ0) is 15.4.